The van der Waals surface area contributed by atoms with Crippen LogP contribution in [-0.4, -0.2) is 67.0 Å². The summed E-state index contributed by atoms with van der Waals surface area (Å²) in [5.41, 5.74) is 5.75. The summed E-state index contributed by atoms with van der Waals surface area (Å²) in [5, 5.41) is 0. The Hall–Kier alpha value is -4.04. The molecule has 0 amide bonds. The van der Waals surface area contributed by atoms with E-state index in [9.17, 15) is 9.59 Å². The van der Waals surface area contributed by atoms with Crippen molar-refractivity contribution < 1.29 is 23.8 Å². The minimum atomic E-state index is -1.50. The first-order valence-electron chi connectivity index (χ1n) is 13.6. The Morgan fingerprint density at radius 2 is 1.50 bits per heavy atom. The van der Waals surface area contributed by atoms with Crippen LogP contribution >= 0.6 is 0 Å². The van der Waals surface area contributed by atoms with Gasteiger partial charge in [-0.15, -0.1) is 0 Å². The van der Waals surface area contributed by atoms with E-state index in [1.165, 1.54) is 11.1 Å². The fraction of sp³-hybridized carbons (Fsp3) is 0.273. The number of aryl methyl sites for hydroxylation is 1. The first kappa shape index (κ1) is 27.5. The van der Waals surface area contributed by atoms with Crippen molar-refractivity contribution in [1.82, 2.24) is 9.80 Å². The van der Waals surface area contributed by atoms with Gasteiger partial charge in [0.25, 0.3) is 0 Å². The molecule has 0 unspecified atom stereocenters. The van der Waals surface area contributed by atoms with E-state index in [4.69, 9.17) is 14.2 Å². The lowest BCUT2D eigenvalue weighted by Crippen LogP contribution is -2.66. The summed E-state index contributed by atoms with van der Waals surface area (Å²) >= 11 is 0. The van der Waals surface area contributed by atoms with Crippen LogP contribution in [0.4, 0.5) is 0 Å². The van der Waals surface area contributed by atoms with Crippen LogP contribution in [0.5, 0.6) is 0 Å². The molecule has 40 heavy (non-hydrogen) atoms. The lowest BCUT2D eigenvalue weighted by molar-refractivity contribution is -0.300. The summed E-state index contributed by atoms with van der Waals surface area (Å²) in [6, 6.07) is 26.8. The number of carbonyl (C=O) groups excluding carboxylic acids is 2. The molecular formula is C33H34N2O5. The van der Waals surface area contributed by atoms with Gasteiger partial charge in [0.05, 0.1) is 19.8 Å². The van der Waals surface area contributed by atoms with Crippen LogP contribution in [0.3, 0.4) is 0 Å². The van der Waals surface area contributed by atoms with Crippen molar-refractivity contribution in [3.8, 4) is 11.1 Å². The molecule has 0 radical (unpaired) electrons. The van der Waals surface area contributed by atoms with Crippen molar-refractivity contribution in [2.45, 2.75) is 19.4 Å². The monoisotopic (exact) mass is 538 g/mol. The Kier molecular flexibility index (Phi) is 8.86. The fourth-order valence-electron chi connectivity index (χ4n) is 4.87. The van der Waals surface area contributed by atoms with E-state index in [2.05, 4.69) is 66.4 Å². The van der Waals surface area contributed by atoms with Gasteiger partial charge in [0.1, 0.15) is 0 Å². The molecule has 7 heteroatoms. The zero-order valence-electron chi connectivity index (χ0n) is 22.7. The highest BCUT2D eigenvalue weighted by Gasteiger charge is 2.49. The maximum absolute atomic E-state index is 12.4. The third kappa shape index (κ3) is 7.12. The molecule has 1 fully saturated rings. The second kappa shape index (κ2) is 12.9. The highest BCUT2D eigenvalue weighted by atomic mass is 16.8. The standard InChI is InChI=1S/C33H34N2O5/c1-26-9-13-29(14-10-26)30-15-11-28(12-16-30)24-38-23-22-35-21-20-34(19-5-8-27-6-3-2-4-7-27)25-33(35)39-31(36)17-18-32(37)40-33/h2-18H,19-25H2,1H3/b8-5+. The number of hydrogen-bond acceptors (Lipinski definition) is 7. The molecule has 1 spiro atoms. The minimum absolute atomic E-state index is 0.242. The quantitative estimate of drug-likeness (QED) is 0.286. The fourth-order valence-corrected chi connectivity index (χ4v) is 4.87. The molecule has 0 aromatic heterocycles. The lowest BCUT2D eigenvalue weighted by Gasteiger charge is -2.47. The zero-order chi connectivity index (χ0) is 27.8. The van der Waals surface area contributed by atoms with E-state index >= 15 is 0 Å². The first-order valence-corrected chi connectivity index (χ1v) is 13.6. The van der Waals surface area contributed by atoms with Crippen molar-refractivity contribution in [2.24, 2.45) is 0 Å². The highest BCUT2D eigenvalue weighted by molar-refractivity contribution is 5.93. The SMILES string of the molecule is Cc1ccc(-c2ccc(COCCN3CCN(C/C=C/c4ccccc4)CC34OC(=O)C=CC(=O)O4)cc2)cc1. The Morgan fingerprint density at radius 1 is 0.850 bits per heavy atom. The maximum atomic E-state index is 12.4. The maximum Gasteiger partial charge on any atom is 0.335 e. The summed E-state index contributed by atoms with van der Waals surface area (Å²) in [7, 11) is 0. The molecule has 7 nitrogen and oxygen atoms in total. The number of ether oxygens (including phenoxy) is 3. The summed E-state index contributed by atoms with van der Waals surface area (Å²) in [5.74, 6) is -2.71. The van der Waals surface area contributed by atoms with Gasteiger partial charge in [-0.2, -0.15) is 0 Å². The zero-order valence-corrected chi connectivity index (χ0v) is 22.7. The molecule has 5 rings (SSSR count). The van der Waals surface area contributed by atoms with Crippen LogP contribution in [0.2, 0.25) is 0 Å². The molecule has 3 aromatic rings. The molecular weight excluding hydrogens is 504 g/mol. The van der Waals surface area contributed by atoms with Gasteiger partial charge in [-0.1, -0.05) is 96.6 Å². The Morgan fingerprint density at radius 3 is 2.17 bits per heavy atom. The van der Waals surface area contributed by atoms with Gasteiger partial charge >= 0.3 is 17.8 Å². The van der Waals surface area contributed by atoms with Crippen molar-refractivity contribution >= 4 is 18.0 Å². The molecule has 206 valence electrons. The van der Waals surface area contributed by atoms with Crippen LogP contribution in [0.25, 0.3) is 17.2 Å². The van der Waals surface area contributed by atoms with Gasteiger partial charge in [0.2, 0.25) is 0 Å². The molecule has 3 aromatic carbocycles. The van der Waals surface area contributed by atoms with E-state index in [0.717, 1.165) is 35.4 Å². The Labute approximate surface area is 235 Å². The predicted molar refractivity (Wildman–Crippen MR) is 154 cm³/mol. The average molecular weight is 539 g/mol. The second-order valence-electron chi connectivity index (χ2n) is 10.0. The van der Waals surface area contributed by atoms with E-state index in [1.807, 2.05) is 41.3 Å². The smallest absolute Gasteiger partial charge is 0.335 e. The largest absolute Gasteiger partial charge is 0.404 e. The van der Waals surface area contributed by atoms with Crippen molar-refractivity contribution in [3.63, 3.8) is 0 Å². The van der Waals surface area contributed by atoms with E-state index in [1.54, 1.807) is 0 Å². The lowest BCUT2D eigenvalue weighted by atomic mass is 10.0. The third-order valence-corrected chi connectivity index (χ3v) is 7.05. The van der Waals surface area contributed by atoms with Gasteiger partial charge in [0.15, 0.2) is 0 Å². The first-order chi connectivity index (χ1) is 19.5. The summed E-state index contributed by atoms with van der Waals surface area (Å²) < 4.78 is 17.4. The molecule has 0 atom stereocenters. The summed E-state index contributed by atoms with van der Waals surface area (Å²) in [6.07, 6.45) is 6.33. The predicted octanol–water partition coefficient (Wildman–Crippen LogP) is 4.82. The van der Waals surface area contributed by atoms with E-state index in [-0.39, 0.29) is 6.54 Å². The Bertz CT molecular complexity index is 1330. The number of piperazine rings is 1. The normalized spacial score (nSPS) is 17.6. The van der Waals surface area contributed by atoms with Crippen LogP contribution in [0.1, 0.15) is 16.7 Å². The van der Waals surface area contributed by atoms with Crippen LogP contribution < -0.4 is 0 Å². The molecule has 0 N–H and O–H groups in total. The Balaban J connectivity index is 1.18. The van der Waals surface area contributed by atoms with Crippen LogP contribution in [0.15, 0.2) is 97.1 Å². The molecule has 2 aliphatic heterocycles. The average Bonchev–Trinajstić information content (AvgIpc) is 3.10. The van der Waals surface area contributed by atoms with Gasteiger partial charge in [-0.05, 0) is 29.2 Å². The van der Waals surface area contributed by atoms with E-state index in [0.29, 0.717) is 32.8 Å². The number of nitrogens with zero attached hydrogens (tertiary/aromatic N) is 2. The van der Waals surface area contributed by atoms with Gasteiger partial charge in [-0.3, -0.25) is 4.90 Å². The van der Waals surface area contributed by atoms with E-state index < -0.39 is 17.8 Å². The molecule has 1 saturated heterocycles. The van der Waals surface area contributed by atoms with Crippen molar-refractivity contribution in [1.29, 1.82) is 0 Å². The molecule has 0 saturated carbocycles. The topological polar surface area (TPSA) is 68.3 Å². The molecule has 2 heterocycles. The van der Waals surface area contributed by atoms with Gasteiger partial charge in [0, 0.05) is 38.3 Å². The highest BCUT2D eigenvalue weighted by Crippen LogP contribution is 2.28. The molecule has 2 aliphatic rings. The molecule has 0 aliphatic carbocycles. The van der Waals surface area contributed by atoms with Crippen LogP contribution in [-0.2, 0) is 30.4 Å². The molecule has 0 bridgehead atoms. The number of esters is 2. The van der Waals surface area contributed by atoms with Crippen molar-refractivity contribution in [3.05, 3.63) is 114 Å². The second-order valence-corrected chi connectivity index (χ2v) is 10.0. The number of hydrogen-bond donors (Lipinski definition) is 0. The summed E-state index contributed by atoms with van der Waals surface area (Å²) in [4.78, 5) is 28.8. The number of benzene rings is 3. The van der Waals surface area contributed by atoms with Gasteiger partial charge < -0.3 is 14.2 Å². The van der Waals surface area contributed by atoms with Crippen LogP contribution in [0, 0.1) is 6.92 Å². The summed E-state index contributed by atoms with van der Waals surface area (Å²) in [6.45, 7) is 5.50. The van der Waals surface area contributed by atoms with Crippen molar-refractivity contribution in [2.75, 3.05) is 39.3 Å². The third-order valence-electron chi connectivity index (χ3n) is 7.05. The minimum Gasteiger partial charge on any atom is -0.404 e. The number of rotatable bonds is 9. The number of carbonyl (C=O) groups is 2. The van der Waals surface area contributed by atoms with Gasteiger partial charge in [-0.25, -0.2) is 14.5 Å².